The number of nitrogens with zero attached hydrogens (tertiary/aromatic N) is 3. The first-order valence-electron chi connectivity index (χ1n) is 7.33. The third-order valence-corrected chi connectivity index (χ3v) is 4.83. The van der Waals surface area contributed by atoms with Crippen molar-refractivity contribution < 1.29 is 4.39 Å². The van der Waals surface area contributed by atoms with Crippen molar-refractivity contribution in [3.8, 4) is 0 Å². The van der Waals surface area contributed by atoms with E-state index in [-0.39, 0.29) is 5.82 Å². The molecule has 0 spiro atoms. The summed E-state index contributed by atoms with van der Waals surface area (Å²) in [5.74, 6) is 0.441. The molecule has 0 unspecified atom stereocenters. The van der Waals surface area contributed by atoms with E-state index in [9.17, 15) is 4.39 Å². The molecule has 2 heterocycles. The number of para-hydroxylation sites is 1. The summed E-state index contributed by atoms with van der Waals surface area (Å²) in [7, 11) is 0. The van der Waals surface area contributed by atoms with E-state index in [2.05, 4.69) is 33.7 Å². The molecule has 0 bridgehead atoms. The summed E-state index contributed by atoms with van der Waals surface area (Å²) in [6.07, 6.45) is 0. The number of halogens is 1. The second-order valence-electron chi connectivity index (χ2n) is 5.44. The molecule has 4 aromatic rings. The van der Waals surface area contributed by atoms with Crippen molar-refractivity contribution in [2.45, 2.75) is 17.8 Å². The van der Waals surface area contributed by atoms with E-state index in [1.165, 1.54) is 17.0 Å². The monoisotopic (exact) mass is 323 g/mol. The molecule has 2 aromatic carbocycles. The van der Waals surface area contributed by atoms with E-state index in [0.29, 0.717) is 5.75 Å². The van der Waals surface area contributed by atoms with Crippen LogP contribution in [0.3, 0.4) is 0 Å². The number of hydrogen-bond donors (Lipinski definition) is 0. The van der Waals surface area contributed by atoms with Crippen LogP contribution in [0.1, 0.15) is 11.1 Å². The average molecular weight is 323 g/mol. The fourth-order valence-electron chi connectivity index (χ4n) is 2.74. The van der Waals surface area contributed by atoms with Gasteiger partial charge in [-0.2, -0.15) is 0 Å². The fraction of sp³-hybridized carbons (Fsp3) is 0.111. The van der Waals surface area contributed by atoms with Crippen LogP contribution in [0.15, 0.2) is 59.8 Å². The summed E-state index contributed by atoms with van der Waals surface area (Å²) in [6.45, 7) is 2.08. The second kappa shape index (κ2) is 5.66. The smallest absolute Gasteiger partial charge is 0.196 e. The lowest BCUT2D eigenvalue weighted by Gasteiger charge is -2.07. The molecule has 0 N–H and O–H groups in total. The van der Waals surface area contributed by atoms with Gasteiger partial charge in [-0.05, 0) is 42.3 Å². The van der Waals surface area contributed by atoms with Gasteiger partial charge in [0.25, 0.3) is 0 Å². The molecule has 0 fully saturated rings. The molecule has 3 nitrogen and oxygen atoms in total. The molecule has 114 valence electrons. The molecule has 5 heteroatoms. The molecular formula is C18H14FN3S. The van der Waals surface area contributed by atoms with E-state index < -0.39 is 0 Å². The largest absolute Gasteiger partial charge is 0.270 e. The molecule has 2 aromatic heterocycles. The van der Waals surface area contributed by atoms with Gasteiger partial charge >= 0.3 is 0 Å². The van der Waals surface area contributed by atoms with Crippen LogP contribution in [0.5, 0.6) is 0 Å². The summed E-state index contributed by atoms with van der Waals surface area (Å²) in [5.41, 5.74) is 4.04. The maximum absolute atomic E-state index is 13.3. The number of thioether (sulfide) groups is 1. The Bertz CT molecular complexity index is 1010. The highest BCUT2D eigenvalue weighted by atomic mass is 32.2. The standard InChI is InChI=1S/C18H14FN3S/c1-12-9-17-20-21-18(22(17)16-8-3-2-7-15(12)16)23-11-13-5-4-6-14(19)10-13/h2-10H,11H2,1H3. The average Bonchev–Trinajstić information content (AvgIpc) is 2.96. The van der Waals surface area contributed by atoms with Crippen LogP contribution in [0.25, 0.3) is 16.6 Å². The lowest BCUT2D eigenvalue weighted by Crippen LogP contribution is -1.93. The van der Waals surface area contributed by atoms with Crippen molar-refractivity contribution in [1.29, 1.82) is 0 Å². The van der Waals surface area contributed by atoms with Gasteiger partial charge in [-0.3, -0.25) is 4.40 Å². The van der Waals surface area contributed by atoms with E-state index in [0.717, 1.165) is 21.9 Å². The van der Waals surface area contributed by atoms with Gasteiger partial charge in [-0.25, -0.2) is 4.39 Å². The first-order valence-corrected chi connectivity index (χ1v) is 8.32. The summed E-state index contributed by atoms with van der Waals surface area (Å²) in [4.78, 5) is 0. The van der Waals surface area contributed by atoms with Crippen molar-refractivity contribution >= 4 is 28.3 Å². The highest BCUT2D eigenvalue weighted by molar-refractivity contribution is 7.98. The van der Waals surface area contributed by atoms with Gasteiger partial charge in [0.2, 0.25) is 0 Å². The van der Waals surface area contributed by atoms with Crippen LogP contribution in [-0.2, 0) is 5.75 Å². The van der Waals surface area contributed by atoms with Crippen molar-refractivity contribution in [2.24, 2.45) is 0 Å². The number of pyridine rings is 1. The lowest BCUT2D eigenvalue weighted by molar-refractivity contribution is 0.626. The Morgan fingerprint density at radius 1 is 1.04 bits per heavy atom. The number of aryl methyl sites for hydroxylation is 1. The quantitative estimate of drug-likeness (QED) is 0.515. The van der Waals surface area contributed by atoms with Gasteiger partial charge < -0.3 is 0 Å². The van der Waals surface area contributed by atoms with Crippen LogP contribution < -0.4 is 0 Å². The van der Waals surface area contributed by atoms with Crippen molar-refractivity contribution in [3.63, 3.8) is 0 Å². The van der Waals surface area contributed by atoms with Crippen molar-refractivity contribution in [2.75, 3.05) is 0 Å². The Kier molecular flexibility index (Phi) is 3.50. The van der Waals surface area contributed by atoms with Crippen LogP contribution in [-0.4, -0.2) is 14.6 Å². The minimum absolute atomic E-state index is 0.213. The zero-order valence-corrected chi connectivity index (χ0v) is 13.3. The van der Waals surface area contributed by atoms with E-state index in [1.54, 1.807) is 23.9 Å². The highest BCUT2D eigenvalue weighted by Crippen LogP contribution is 2.27. The summed E-state index contributed by atoms with van der Waals surface area (Å²) < 4.78 is 15.4. The second-order valence-corrected chi connectivity index (χ2v) is 6.38. The van der Waals surface area contributed by atoms with Crippen molar-refractivity contribution in [1.82, 2.24) is 14.6 Å². The lowest BCUT2D eigenvalue weighted by atomic mass is 10.1. The summed E-state index contributed by atoms with van der Waals surface area (Å²) in [6, 6.07) is 16.9. The number of aromatic nitrogens is 3. The van der Waals surface area contributed by atoms with Crippen LogP contribution in [0, 0.1) is 12.7 Å². The van der Waals surface area contributed by atoms with Gasteiger partial charge in [0, 0.05) is 11.1 Å². The molecule has 0 saturated heterocycles. The molecular weight excluding hydrogens is 309 g/mol. The summed E-state index contributed by atoms with van der Waals surface area (Å²) >= 11 is 1.56. The van der Waals surface area contributed by atoms with Crippen LogP contribution in [0.2, 0.25) is 0 Å². The Morgan fingerprint density at radius 3 is 2.78 bits per heavy atom. The van der Waals surface area contributed by atoms with E-state index >= 15 is 0 Å². The molecule has 0 radical (unpaired) electrons. The predicted octanol–water partition coefficient (Wildman–Crippen LogP) is 4.62. The zero-order valence-electron chi connectivity index (χ0n) is 12.5. The molecule has 23 heavy (non-hydrogen) atoms. The molecule has 4 rings (SSSR count). The number of hydrogen-bond acceptors (Lipinski definition) is 3. The topological polar surface area (TPSA) is 30.2 Å². The minimum atomic E-state index is -0.213. The summed E-state index contributed by atoms with van der Waals surface area (Å²) in [5, 5.41) is 10.6. The van der Waals surface area contributed by atoms with Crippen LogP contribution in [0.4, 0.5) is 4.39 Å². The Hall–Kier alpha value is -2.40. The molecule has 0 atom stereocenters. The predicted molar refractivity (Wildman–Crippen MR) is 91.2 cm³/mol. The fourth-order valence-corrected chi connectivity index (χ4v) is 3.64. The normalized spacial score (nSPS) is 11.4. The first kappa shape index (κ1) is 14.2. The molecule has 0 aliphatic heterocycles. The zero-order chi connectivity index (χ0) is 15.8. The van der Waals surface area contributed by atoms with Crippen LogP contribution >= 0.6 is 11.8 Å². The number of fused-ring (bicyclic) bond motifs is 3. The third-order valence-electron chi connectivity index (χ3n) is 3.83. The van der Waals surface area contributed by atoms with Gasteiger partial charge in [-0.15, -0.1) is 10.2 Å². The van der Waals surface area contributed by atoms with Gasteiger partial charge in [0.05, 0.1) is 5.52 Å². The minimum Gasteiger partial charge on any atom is -0.270 e. The van der Waals surface area contributed by atoms with Gasteiger partial charge in [0.1, 0.15) is 5.82 Å². The van der Waals surface area contributed by atoms with Gasteiger partial charge in [-0.1, -0.05) is 42.1 Å². The SMILES string of the molecule is Cc1cc2nnc(SCc3cccc(F)c3)n2c2ccccc12. The molecule has 0 amide bonds. The Morgan fingerprint density at radius 2 is 1.91 bits per heavy atom. The number of rotatable bonds is 3. The van der Waals surface area contributed by atoms with E-state index in [1.807, 2.05) is 24.3 Å². The molecule has 0 aliphatic rings. The maximum atomic E-state index is 13.3. The number of benzene rings is 2. The Labute approximate surface area is 137 Å². The van der Waals surface area contributed by atoms with E-state index in [4.69, 9.17) is 0 Å². The third kappa shape index (κ3) is 2.57. The maximum Gasteiger partial charge on any atom is 0.196 e. The molecule has 0 aliphatic carbocycles. The van der Waals surface area contributed by atoms with Crippen molar-refractivity contribution in [3.05, 3.63) is 71.5 Å². The molecule has 0 saturated carbocycles. The Balaban J connectivity index is 1.77. The first-order chi connectivity index (χ1) is 11.2. The van der Waals surface area contributed by atoms with Gasteiger partial charge in [0.15, 0.2) is 10.8 Å². The highest BCUT2D eigenvalue weighted by Gasteiger charge is 2.11.